The van der Waals surface area contributed by atoms with E-state index >= 15 is 0 Å². The van der Waals surface area contributed by atoms with Crippen LogP contribution in [0.3, 0.4) is 0 Å². The standard InChI is InChI=1S/C23H28N4O/c24-12-6-16-26-17-19(21-8-1-2-9-22(21)26)10-11-23(28)27-15-5-7-20(18-27)25-13-3-4-14-25/h1-2,8-11,17,20H,3-7,13-16,18H2. The summed E-state index contributed by atoms with van der Waals surface area (Å²) in [5.74, 6) is 0.109. The van der Waals surface area contributed by atoms with E-state index in [-0.39, 0.29) is 5.91 Å². The van der Waals surface area contributed by atoms with E-state index in [1.807, 2.05) is 23.1 Å². The molecule has 5 heteroatoms. The van der Waals surface area contributed by atoms with Crippen LogP contribution in [-0.4, -0.2) is 52.5 Å². The van der Waals surface area contributed by atoms with Crippen molar-refractivity contribution in [2.24, 2.45) is 0 Å². The Kier molecular flexibility index (Phi) is 5.78. The summed E-state index contributed by atoms with van der Waals surface area (Å²) >= 11 is 0. The Labute approximate surface area is 166 Å². The molecule has 2 aliphatic heterocycles. The summed E-state index contributed by atoms with van der Waals surface area (Å²) in [7, 11) is 0. The van der Waals surface area contributed by atoms with Crippen molar-refractivity contribution in [2.75, 3.05) is 26.2 Å². The van der Waals surface area contributed by atoms with E-state index in [0.29, 0.717) is 19.0 Å². The molecule has 4 rings (SSSR count). The molecule has 28 heavy (non-hydrogen) atoms. The number of piperidine rings is 1. The van der Waals surface area contributed by atoms with Crippen molar-refractivity contribution in [1.29, 1.82) is 5.26 Å². The van der Waals surface area contributed by atoms with Crippen molar-refractivity contribution in [3.63, 3.8) is 0 Å². The number of fused-ring (bicyclic) bond motifs is 1. The van der Waals surface area contributed by atoms with Gasteiger partial charge in [-0.3, -0.25) is 9.69 Å². The molecule has 0 spiro atoms. The van der Waals surface area contributed by atoms with Gasteiger partial charge >= 0.3 is 0 Å². The first kappa shape index (κ1) is 18.8. The van der Waals surface area contributed by atoms with E-state index in [1.165, 1.54) is 32.4 Å². The molecule has 5 nitrogen and oxygen atoms in total. The van der Waals surface area contributed by atoms with E-state index in [0.717, 1.165) is 36.0 Å². The van der Waals surface area contributed by atoms with Gasteiger partial charge in [-0.05, 0) is 50.9 Å². The SMILES string of the molecule is N#CCCn1cc(C=CC(=O)N2CCCC(N3CCCC3)C2)c2ccccc21. The number of likely N-dealkylation sites (tertiary alicyclic amines) is 2. The van der Waals surface area contributed by atoms with Crippen LogP contribution in [0, 0.1) is 11.3 Å². The lowest BCUT2D eigenvalue weighted by Crippen LogP contribution is -2.48. The van der Waals surface area contributed by atoms with Gasteiger partial charge in [-0.25, -0.2) is 0 Å². The Hall–Kier alpha value is -2.58. The number of benzene rings is 1. The Morgan fingerprint density at radius 2 is 2.00 bits per heavy atom. The molecular weight excluding hydrogens is 348 g/mol. The maximum atomic E-state index is 12.8. The zero-order valence-electron chi connectivity index (χ0n) is 16.4. The van der Waals surface area contributed by atoms with Gasteiger partial charge in [0.25, 0.3) is 0 Å². The van der Waals surface area contributed by atoms with Crippen LogP contribution in [0.25, 0.3) is 17.0 Å². The molecule has 2 saturated heterocycles. The highest BCUT2D eigenvalue weighted by molar-refractivity contribution is 5.96. The van der Waals surface area contributed by atoms with Crippen LogP contribution >= 0.6 is 0 Å². The number of para-hydroxylation sites is 1. The minimum Gasteiger partial charge on any atom is -0.346 e. The molecule has 3 heterocycles. The molecule has 0 N–H and O–H groups in total. The first-order chi connectivity index (χ1) is 13.8. The Bertz CT molecular complexity index is 901. The van der Waals surface area contributed by atoms with Gasteiger partial charge in [0.15, 0.2) is 0 Å². The third-order valence-corrected chi connectivity index (χ3v) is 6.05. The number of aryl methyl sites for hydroxylation is 1. The predicted molar refractivity (Wildman–Crippen MR) is 112 cm³/mol. The maximum Gasteiger partial charge on any atom is 0.246 e. The lowest BCUT2D eigenvalue weighted by Gasteiger charge is -2.37. The molecule has 0 radical (unpaired) electrons. The lowest BCUT2D eigenvalue weighted by molar-refractivity contribution is -0.127. The van der Waals surface area contributed by atoms with E-state index in [4.69, 9.17) is 5.26 Å². The van der Waals surface area contributed by atoms with Gasteiger partial charge in [0.05, 0.1) is 12.5 Å². The molecule has 0 aliphatic carbocycles. The lowest BCUT2D eigenvalue weighted by atomic mass is 10.0. The smallest absolute Gasteiger partial charge is 0.246 e. The normalized spacial score (nSPS) is 20.8. The number of rotatable bonds is 5. The number of nitriles is 1. The highest BCUT2D eigenvalue weighted by Crippen LogP contribution is 2.24. The van der Waals surface area contributed by atoms with Gasteiger partial charge in [-0.2, -0.15) is 5.26 Å². The first-order valence-corrected chi connectivity index (χ1v) is 10.4. The second-order valence-corrected chi connectivity index (χ2v) is 7.86. The van der Waals surface area contributed by atoms with E-state index in [1.54, 1.807) is 6.08 Å². The molecule has 1 unspecified atom stereocenters. The predicted octanol–water partition coefficient (Wildman–Crippen LogP) is 3.65. The van der Waals surface area contributed by atoms with Crippen LogP contribution in [0.4, 0.5) is 0 Å². The minimum absolute atomic E-state index is 0.109. The van der Waals surface area contributed by atoms with Gasteiger partial charge < -0.3 is 9.47 Å². The zero-order chi connectivity index (χ0) is 19.3. The van der Waals surface area contributed by atoms with Crippen molar-refractivity contribution in [1.82, 2.24) is 14.4 Å². The molecular formula is C23H28N4O. The van der Waals surface area contributed by atoms with Crippen molar-refractivity contribution in [2.45, 2.75) is 44.7 Å². The Morgan fingerprint density at radius 1 is 1.18 bits per heavy atom. The fraction of sp³-hybridized carbons (Fsp3) is 0.478. The van der Waals surface area contributed by atoms with Crippen molar-refractivity contribution >= 4 is 22.9 Å². The fourth-order valence-electron chi connectivity index (χ4n) is 4.59. The number of nitrogens with zero attached hydrogens (tertiary/aromatic N) is 4. The molecule has 2 aromatic rings. The second kappa shape index (κ2) is 8.62. The molecule has 146 valence electrons. The summed E-state index contributed by atoms with van der Waals surface area (Å²) in [4.78, 5) is 17.4. The summed E-state index contributed by atoms with van der Waals surface area (Å²) in [6.07, 6.45) is 11.1. The molecule has 2 fully saturated rings. The van der Waals surface area contributed by atoms with Crippen LogP contribution in [0.5, 0.6) is 0 Å². The Balaban J connectivity index is 1.47. The number of carbonyl (C=O) groups excluding carboxylic acids is 1. The zero-order valence-corrected chi connectivity index (χ0v) is 16.4. The molecule has 0 saturated carbocycles. The van der Waals surface area contributed by atoms with E-state index in [2.05, 4.69) is 33.9 Å². The number of hydrogen-bond donors (Lipinski definition) is 0. The van der Waals surface area contributed by atoms with Gasteiger partial charge in [0.1, 0.15) is 0 Å². The first-order valence-electron chi connectivity index (χ1n) is 10.4. The third kappa shape index (κ3) is 3.98. The molecule has 1 atom stereocenters. The van der Waals surface area contributed by atoms with E-state index in [9.17, 15) is 4.79 Å². The van der Waals surface area contributed by atoms with Gasteiger partial charge in [-0.1, -0.05) is 18.2 Å². The van der Waals surface area contributed by atoms with Crippen LogP contribution in [0.2, 0.25) is 0 Å². The maximum absolute atomic E-state index is 12.8. The highest BCUT2D eigenvalue weighted by atomic mass is 16.2. The van der Waals surface area contributed by atoms with Crippen LogP contribution in [0.15, 0.2) is 36.5 Å². The highest BCUT2D eigenvalue weighted by Gasteiger charge is 2.28. The topological polar surface area (TPSA) is 52.3 Å². The van der Waals surface area contributed by atoms with Gasteiger partial charge in [-0.15, -0.1) is 0 Å². The minimum atomic E-state index is 0.109. The summed E-state index contributed by atoms with van der Waals surface area (Å²) in [5.41, 5.74) is 2.15. The number of hydrogen-bond acceptors (Lipinski definition) is 3. The summed E-state index contributed by atoms with van der Waals surface area (Å²) in [6, 6.07) is 10.9. The number of amides is 1. The molecule has 1 aromatic carbocycles. The largest absolute Gasteiger partial charge is 0.346 e. The molecule has 1 amide bonds. The van der Waals surface area contributed by atoms with Gasteiger partial charge in [0, 0.05) is 54.4 Å². The molecule has 2 aliphatic rings. The fourth-order valence-corrected chi connectivity index (χ4v) is 4.59. The Morgan fingerprint density at radius 3 is 2.82 bits per heavy atom. The average Bonchev–Trinajstić information content (AvgIpc) is 3.39. The summed E-state index contributed by atoms with van der Waals surface area (Å²) in [6.45, 7) is 4.75. The number of aromatic nitrogens is 1. The molecule has 0 bridgehead atoms. The van der Waals surface area contributed by atoms with Crippen molar-refractivity contribution < 1.29 is 4.79 Å². The van der Waals surface area contributed by atoms with Crippen LogP contribution in [0.1, 0.15) is 37.7 Å². The van der Waals surface area contributed by atoms with Crippen molar-refractivity contribution in [3.8, 4) is 6.07 Å². The van der Waals surface area contributed by atoms with E-state index < -0.39 is 0 Å². The number of carbonyl (C=O) groups is 1. The van der Waals surface area contributed by atoms with Crippen molar-refractivity contribution in [3.05, 3.63) is 42.1 Å². The van der Waals surface area contributed by atoms with Crippen LogP contribution in [-0.2, 0) is 11.3 Å². The third-order valence-electron chi connectivity index (χ3n) is 6.05. The second-order valence-electron chi connectivity index (χ2n) is 7.86. The summed E-state index contributed by atoms with van der Waals surface area (Å²) in [5, 5.41) is 10.0. The van der Waals surface area contributed by atoms with Gasteiger partial charge in [0.2, 0.25) is 5.91 Å². The quantitative estimate of drug-likeness (QED) is 0.749. The summed E-state index contributed by atoms with van der Waals surface area (Å²) < 4.78 is 2.10. The van der Waals surface area contributed by atoms with Crippen LogP contribution < -0.4 is 0 Å². The average molecular weight is 377 g/mol. The monoisotopic (exact) mass is 376 g/mol. The molecule has 1 aromatic heterocycles.